The summed E-state index contributed by atoms with van der Waals surface area (Å²) < 4.78 is 0. The zero-order valence-electron chi connectivity index (χ0n) is 10.4. The third-order valence-electron chi connectivity index (χ3n) is 3.04. The first-order valence-electron chi connectivity index (χ1n) is 6.19. The smallest absolute Gasteiger partial charge is 0.309 e. The molecule has 1 rings (SSSR count). The van der Waals surface area contributed by atoms with Gasteiger partial charge in [-0.1, -0.05) is 6.92 Å². The minimum Gasteiger partial charge on any atom is -0.347 e. The maximum Gasteiger partial charge on any atom is 0.309 e. The molecule has 0 aliphatic carbocycles. The van der Waals surface area contributed by atoms with Crippen LogP contribution in [0.25, 0.3) is 0 Å². The molecule has 4 N–H and O–H groups in total. The van der Waals surface area contributed by atoms with Crippen LogP contribution >= 0.6 is 0 Å². The largest absolute Gasteiger partial charge is 0.347 e. The van der Waals surface area contributed by atoms with Crippen LogP contribution in [0.4, 0.5) is 0 Å². The lowest BCUT2D eigenvalue weighted by Gasteiger charge is -2.22. The van der Waals surface area contributed by atoms with Gasteiger partial charge in [0, 0.05) is 25.7 Å². The molecule has 1 saturated heterocycles. The van der Waals surface area contributed by atoms with Gasteiger partial charge in [-0.3, -0.25) is 14.5 Å². The van der Waals surface area contributed by atoms with Crippen LogP contribution in [0.15, 0.2) is 0 Å². The van der Waals surface area contributed by atoms with E-state index < -0.39 is 11.8 Å². The lowest BCUT2D eigenvalue weighted by molar-refractivity contribution is -0.139. The van der Waals surface area contributed by atoms with Crippen LogP contribution in [0.5, 0.6) is 0 Å². The number of amides is 2. The molecule has 1 heterocycles. The van der Waals surface area contributed by atoms with Gasteiger partial charge in [0.2, 0.25) is 0 Å². The van der Waals surface area contributed by atoms with Crippen LogP contribution in [0.2, 0.25) is 0 Å². The van der Waals surface area contributed by atoms with Crippen molar-refractivity contribution in [2.75, 3.05) is 32.7 Å². The zero-order valence-corrected chi connectivity index (χ0v) is 10.4. The zero-order chi connectivity index (χ0) is 12.7. The number of nitrogens with one attached hydrogen (secondary N) is 2. The van der Waals surface area contributed by atoms with Crippen molar-refractivity contribution in [2.24, 2.45) is 5.73 Å². The molecule has 2 amide bonds. The van der Waals surface area contributed by atoms with E-state index in [1.807, 2.05) is 0 Å². The number of hydrogen-bond acceptors (Lipinski definition) is 4. The molecule has 0 bridgehead atoms. The lowest BCUT2D eigenvalue weighted by atomic mass is 10.2. The number of nitrogens with zero attached hydrogens (tertiary/aromatic N) is 1. The molecule has 17 heavy (non-hydrogen) atoms. The van der Waals surface area contributed by atoms with Gasteiger partial charge < -0.3 is 16.4 Å². The Morgan fingerprint density at radius 1 is 1.35 bits per heavy atom. The summed E-state index contributed by atoms with van der Waals surface area (Å²) in [5.74, 6) is -1.17. The van der Waals surface area contributed by atoms with Gasteiger partial charge in [-0.05, 0) is 25.9 Å². The van der Waals surface area contributed by atoms with Gasteiger partial charge in [0.1, 0.15) is 0 Å². The van der Waals surface area contributed by atoms with Crippen molar-refractivity contribution in [3.8, 4) is 0 Å². The fourth-order valence-electron chi connectivity index (χ4n) is 2.10. The molecule has 1 fully saturated rings. The third kappa shape index (κ3) is 4.32. The average molecular weight is 242 g/mol. The SMILES string of the molecule is CCN1CCCC1CNC(=O)C(=O)NCCN. The van der Waals surface area contributed by atoms with Crippen LogP contribution in [-0.2, 0) is 9.59 Å². The average Bonchev–Trinajstić information content (AvgIpc) is 2.80. The second-order valence-corrected chi connectivity index (χ2v) is 4.18. The highest BCUT2D eigenvalue weighted by Gasteiger charge is 2.24. The summed E-state index contributed by atoms with van der Waals surface area (Å²) in [6.45, 7) is 5.38. The van der Waals surface area contributed by atoms with Gasteiger partial charge in [-0.25, -0.2) is 0 Å². The van der Waals surface area contributed by atoms with Crippen LogP contribution in [0.3, 0.4) is 0 Å². The highest BCUT2D eigenvalue weighted by Crippen LogP contribution is 2.15. The molecular weight excluding hydrogens is 220 g/mol. The standard InChI is InChI=1S/C11H22N4O2/c1-2-15-7-3-4-9(15)8-14-11(17)10(16)13-6-5-12/h9H,2-8,12H2,1H3,(H,13,16)(H,14,17). The summed E-state index contributed by atoms with van der Waals surface area (Å²) in [7, 11) is 0. The Bertz CT molecular complexity index is 270. The molecule has 0 aromatic heterocycles. The molecule has 1 aliphatic rings. The summed E-state index contributed by atoms with van der Waals surface area (Å²) in [4.78, 5) is 25.0. The number of carbonyl (C=O) groups excluding carboxylic acids is 2. The topological polar surface area (TPSA) is 87.5 Å². The predicted octanol–water partition coefficient (Wildman–Crippen LogP) is -1.34. The fourth-order valence-corrected chi connectivity index (χ4v) is 2.10. The van der Waals surface area contributed by atoms with Crippen LogP contribution in [0, 0.1) is 0 Å². The molecule has 0 radical (unpaired) electrons. The number of nitrogens with two attached hydrogens (primary N) is 1. The summed E-state index contributed by atoms with van der Waals surface area (Å²) in [5, 5.41) is 5.11. The van der Waals surface area contributed by atoms with Crippen molar-refractivity contribution in [1.29, 1.82) is 0 Å². The van der Waals surface area contributed by atoms with E-state index in [0.29, 0.717) is 25.7 Å². The first kappa shape index (κ1) is 13.9. The molecule has 0 aromatic carbocycles. The van der Waals surface area contributed by atoms with E-state index in [2.05, 4.69) is 22.5 Å². The second-order valence-electron chi connectivity index (χ2n) is 4.18. The monoisotopic (exact) mass is 242 g/mol. The molecule has 0 spiro atoms. The van der Waals surface area contributed by atoms with Gasteiger partial charge in [-0.15, -0.1) is 0 Å². The normalized spacial score (nSPS) is 20.2. The maximum atomic E-state index is 11.4. The summed E-state index contributed by atoms with van der Waals surface area (Å²) in [6.07, 6.45) is 2.24. The summed E-state index contributed by atoms with van der Waals surface area (Å²) >= 11 is 0. The molecule has 6 heteroatoms. The van der Waals surface area contributed by atoms with Crippen molar-refractivity contribution in [1.82, 2.24) is 15.5 Å². The van der Waals surface area contributed by atoms with Crippen molar-refractivity contribution in [3.63, 3.8) is 0 Å². The van der Waals surface area contributed by atoms with Gasteiger partial charge in [-0.2, -0.15) is 0 Å². The number of likely N-dealkylation sites (N-methyl/N-ethyl adjacent to an activating group) is 1. The first-order valence-corrected chi connectivity index (χ1v) is 6.19. The van der Waals surface area contributed by atoms with E-state index in [1.165, 1.54) is 0 Å². The van der Waals surface area contributed by atoms with Crippen molar-refractivity contribution < 1.29 is 9.59 Å². The Morgan fingerprint density at radius 2 is 2.06 bits per heavy atom. The number of rotatable bonds is 5. The van der Waals surface area contributed by atoms with E-state index in [4.69, 9.17) is 5.73 Å². The highest BCUT2D eigenvalue weighted by atomic mass is 16.2. The minimum absolute atomic E-state index is 0.330. The van der Waals surface area contributed by atoms with Crippen molar-refractivity contribution in [3.05, 3.63) is 0 Å². The molecule has 0 aromatic rings. The van der Waals surface area contributed by atoms with Crippen LogP contribution in [0.1, 0.15) is 19.8 Å². The highest BCUT2D eigenvalue weighted by molar-refractivity contribution is 6.35. The van der Waals surface area contributed by atoms with Gasteiger partial charge >= 0.3 is 11.8 Å². The van der Waals surface area contributed by atoms with E-state index in [1.54, 1.807) is 0 Å². The van der Waals surface area contributed by atoms with E-state index in [-0.39, 0.29) is 0 Å². The minimum atomic E-state index is -0.600. The lowest BCUT2D eigenvalue weighted by Crippen LogP contribution is -2.46. The Balaban J connectivity index is 2.25. The molecular formula is C11H22N4O2. The molecule has 1 atom stereocenters. The molecule has 98 valence electrons. The number of carbonyl (C=O) groups is 2. The summed E-state index contributed by atoms with van der Waals surface area (Å²) in [5.41, 5.74) is 5.23. The van der Waals surface area contributed by atoms with Crippen LogP contribution in [-0.4, -0.2) is 55.5 Å². The maximum absolute atomic E-state index is 11.4. The molecule has 6 nitrogen and oxygen atoms in total. The molecule has 1 unspecified atom stereocenters. The van der Waals surface area contributed by atoms with E-state index in [0.717, 1.165) is 25.9 Å². The van der Waals surface area contributed by atoms with Gasteiger partial charge in [0.25, 0.3) is 0 Å². The predicted molar refractivity (Wildman–Crippen MR) is 65.3 cm³/mol. The Hall–Kier alpha value is -1.14. The fraction of sp³-hybridized carbons (Fsp3) is 0.818. The first-order chi connectivity index (χ1) is 8.19. The van der Waals surface area contributed by atoms with Crippen molar-refractivity contribution >= 4 is 11.8 Å². The third-order valence-corrected chi connectivity index (χ3v) is 3.04. The Labute approximate surface area is 102 Å². The van der Waals surface area contributed by atoms with E-state index in [9.17, 15) is 9.59 Å². The van der Waals surface area contributed by atoms with Gasteiger partial charge in [0.05, 0.1) is 0 Å². The molecule has 1 aliphatic heterocycles. The Kier molecular flexibility index (Phi) is 5.93. The Morgan fingerprint density at radius 3 is 2.71 bits per heavy atom. The van der Waals surface area contributed by atoms with Crippen molar-refractivity contribution in [2.45, 2.75) is 25.8 Å². The van der Waals surface area contributed by atoms with Gasteiger partial charge in [0.15, 0.2) is 0 Å². The van der Waals surface area contributed by atoms with E-state index >= 15 is 0 Å². The number of hydrogen-bond donors (Lipinski definition) is 3. The second kappa shape index (κ2) is 7.24. The number of likely N-dealkylation sites (tertiary alicyclic amines) is 1. The summed E-state index contributed by atoms with van der Waals surface area (Å²) in [6, 6.07) is 0.367. The quantitative estimate of drug-likeness (QED) is 0.521. The van der Waals surface area contributed by atoms with Crippen LogP contribution < -0.4 is 16.4 Å². The molecule has 0 saturated carbocycles.